The Labute approximate surface area is 155 Å². The number of nitrogens with two attached hydrogens (primary N) is 1. The molecule has 3 saturated heterocycles. The lowest BCUT2D eigenvalue weighted by Crippen LogP contribution is -2.57. The first-order valence-electron chi connectivity index (χ1n) is 9.67. The van der Waals surface area contributed by atoms with E-state index in [1.165, 1.54) is 6.42 Å². The zero-order valence-electron chi connectivity index (χ0n) is 15.5. The first kappa shape index (κ1) is 19.0. The fourth-order valence-electron chi connectivity index (χ4n) is 3.98. The normalized spacial score (nSPS) is 27.8. The van der Waals surface area contributed by atoms with E-state index >= 15 is 0 Å². The van der Waals surface area contributed by atoms with Crippen LogP contribution in [0.25, 0.3) is 0 Å². The highest BCUT2D eigenvalue weighted by Crippen LogP contribution is 2.39. The molecule has 0 aromatic rings. The third-order valence-corrected chi connectivity index (χ3v) is 7.39. The van der Waals surface area contributed by atoms with Crippen molar-refractivity contribution in [3.8, 4) is 0 Å². The van der Waals surface area contributed by atoms with E-state index in [1.54, 1.807) is 0 Å². The molecule has 3 aliphatic rings. The molecule has 25 heavy (non-hydrogen) atoms. The Morgan fingerprint density at radius 1 is 1.08 bits per heavy atom. The zero-order chi connectivity index (χ0) is 18.0. The number of nitrogens with zero attached hydrogens (tertiary/aromatic N) is 2. The number of hydrogen-bond donors (Lipinski definition) is 2. The van der Waals surface area contributed by atoms with E-state index in [9.17, 15) is 9.59 Å². The number of likely N-dealkylation sites (tertiary alicyclic amines) is 2. The maximum Gasteiger partial charge on any atom is 0.240 e. The van der Waals surface area contributed by atoms with E-state index in [1.807, 2.05) is 35.4 Å². The quantitative estimate of drug-likeness (QED) is 0.777. The number of piperidine rings is 2. The Balaban J connectivity index is 1.52. The van der Waals surface area contributed by atoms with Crippen LogP contribution in [0.5, 0.6) is 0 Å². The van der Waals surface area contributed by atoms with Crippen LogP contribution in [0.2, 0.25) is 0 Å². The maximum absolute atomic E-state index is 12.7. The molecule has 0 bridgehead atoms. The fourth-order valence-corrected chi connectivity index (χ4v) is 5.39. The highest BCUT2D eigenvalue weighted by Gasteiger charge is 2.45. The summed E-state index contributed by atoms with van der Waals surface area (Å²) >= 11 is 1.87. The SMILES string of the molecule is CC(C)[C@H](N)C(=O)N1CCC2(CC1)N[C@H](C(=O)N1CCCCC1)CS2. The summed E-state index contributed by atoms with van der Waals surface area (Å²) < 4.78 is 0. The summed E-state index contributed by atoms with van der Waals surface area (Å²) in [6.45, 7) is 7.24. The van der Waals surface area contributed by atoms with Crippen molar-refractivity contribution in [1.29, 1.82) is 0 Å². The highest BCUT2D eigenvalue weighted by atomic mass is 32.2. The molecule has 6 nitrogen and oxygen atoms in total. The molecule has 3 N–H and O–H groups in total. The van der Waals surface area contributed by atoms with Gasteiger partial charge in [0.15, 0.2) is 0 Å². The average molecular weight is 369 g/mol. The van der Waals surface area contributed by atoms with E-state index in [0.717, 1.165) is 57.6 Å². The first-order chi connectivity index (χ1) is 11.9. The monoisotopic (exact) mass is 368 g/mol. The highest BCUT2D eigenvalue weighted by molar-refractivity contribution is 8.01. The van der Waals surface area contributed by atoms with Crippen LogP contribution in [-0.2, 0) is 9.59 Å². The van der Waals surface area contributed by atoms with Crippen LogP contribution < -0.4 is 11.1 Å². The number of amides is 2. The largest absolute Gasteiger partial charge is 0.341 e. The standard InChI is InChI=1S/C18H32N4O2S/c1-13(2)15(19)17(24)22-10-6-18(7-11-22)20-14(12-25-18)16(23)21-8-4-3-5-9-21/h13-15,20H,3-12,19H2,1-2H3/t14-,15-/m0/s1. The topological polar surface area (TPSA) is 78.7 Å². The van der Waals surface area contributed by atoms with E-state index in [-0.39, 0.29) is 28.6 Å². The van der Waals surface area contributed by atoms with Crippen molar-refractivity contribution < 1.29 is 9.59 Å². The number of rotatable bonds is 3. The van der Waals surface area contributed by atoms with Gasteiger partial charge in [0.25, 0.3) is 0 Å². The second-order valence-electron chi connectivity index (χ2n) is 7.98. The minimum absolute atomic E-state index is 0.0468. The zero-order valence-corrected chi connectivity index (χ0v) is 16.3. The maximum atomic E-state index is 12.7. The van der Waals surface area contributed by atoms with Crippen molar-refractivity contribution in [2.24, 2.45) is 11.7 Å². The lowest BCUT2D eigenvalue weighted by Gasteiger charge is -2.40. The number of thioether (sulfide) groups is 1. The summed E-state index contributed by atoms with van der Waals surface area (Å²) in [5, 5.41) is 3.62. The van der Waals surface area contributed by atoms with Gasteiger partial charge in [0, 0.05) is 31.9 Å². The molecular weight excluding hydrogens is 336 g/mol. The summed E-state index contributed by atoms with van der Waals surface area (Å²) in [4.78, 5) is 29.0. The van der Waals surface area contributed by atoms with Gasteiger partial charge in [-0.3, -0.25) is 14.9 Å². The van der Waals surface area contributed by atoms with E-state index in [2.05, 4.69) is 5.32 Å². The van der Waals surface area contributed by atoms with E-state index < -0.39 is 6.04 Å². The van der Waals surface area contributed by atoms with Gasteiger partial charge in [-0.1, -0.05) is 13.8 Å². The van der Waals surface area contributed by atoms with Gasteiger partial charge < -0.3 is 15.5 Å². The Morgan fingerprint density at radius 3 is 2.32 bits per heavy atom. The van der Waals surface area contributed by atoms with Crippen LogP contribution in [0.3, 0.4) is 0 Å². The molecule has 3 aliphatic heterocycles. The fraction of sp³-hybridized carbons (Fsp3) is 0.889. The Kier molecular flexibility index (Phi) is 5.96. The van der Waals surface area contributed by atoms with Crippen LogP contribution in [0.15, 0.2) is 0 Å². The van der Waals surface area contributed by atoms with E-state index in [4.69, 9.17) is 5.73 Å². The van der Waals surface area contributed by atoms with Gasteiger partial charge >= 0.3 is 0 Å². The predicted octanol–water partition coefficient (Wildman–Crippen LogP) is 1.01. The molecule has 2 amide bonds. The molecule has 0 radical (unpaired) electrons. The molecule has 0 aromatic carbocycles. The molecule has 3 heterocycles. The van der Waals surface area contributed by atoms with Crippen molar-refractivity contribution in [2.45, 2.75) is 62.9 Å². The minimum atomic E-state index is -0.410. The van der Waals surface area contributed by atoms with Crippen molar-refractivity contribution in [3.63, 3.8) is 0 Å². The molecule has 0 saturated carbocycles. The van der Waals surface area contributed by atoms with Crippen molar-refractivity contribution in [2.75, 3.05) is 31.9 Å². The number of hydrogen-bond acceptors (Lipinski definition) is 5. The van der Waals surface area contributed by atoms with Gasteiger partial charge in [0.1, 0.15) is 0 Å². The molecule has 0 aliphatic carbocycles. The second-order valence-corrected chi connectivity index (χ2v) is 9.39. The third-order valence-electron chi connectivity index (χ3n) is 5.82. The Hall–Kier alpha value is -0.790. The van der Waals surface area contributed by atoms with Gasteiger partial charge in [-0.25, -0.2) is 0 Å². The lowest BCUT2D eigenvalue weighted by molar-refractivity contribution is -0.136. The van der Waals surface area contributed by atoms with Crippen LogP contribution in [0, 0.1) is 5.92 Å². The van der Waals surface area contributed by atoms with Crippen LogP contribution in [-0.4, -0.2) is 70.5 Å². The van der Waals surface area contributed by atoms with Crippen LogP contribution >= 0.6 is 11.8 Å². The summed E-state index contributed by atoms with van der Waals surface area (Å²) in [5.41, 5.74) is 6.02. The average Bonchev–Trinajstić information content (AvgIpc) is 3.04. The van der Waals surface area contributed by atoms with Crippen LogP contribution in [0.1, 0.15) is 46.0 Å². The lowest BCUT2D eigenvalue weighted by atomic mass is 9.99. The molecule has 0 unspecified atom stereocenters. The Bertz CT molecular complexity index is 499. The van der Waals surface area contributed by atoms with Crippen molar-refractivity contribution in [1.82, 2.24) is 15.1 Å². The molecule has 142 valence electrons. The van der Waals surface area contributed by atoms with Crippen LogP contribution in [0.4, 0.5) is 0 Å². The summed E-state index contributed by atoms with van der Waals surface area (Å²) in [5.74, 6) is 1.33. The summed E-state index contributed by atoms with van der Waals surface area (Å²) in [6, 6.07) is -0.477. The van der Waals surface area contributed by atoms with Crippen molar-refractivity contribution >= 4 is 23.6 Å². The number of nitrogens with one attached hydrogen (secondary N) is 1. The molecule has 2 atom stereocenters. The molecule has 0 aromatic heterocycles. The summed E-state index contributed by atoms with van der Waals surface area (Å²) in [7, 11) is 0. The van der Waals surface area contributed by atoms with Gasteiger partial charge in [-0.2, -0.15) is 0 Å². The summed E-state index contributed by atoms with van der Waals surface area (Å²) in [6.07, 6.45) is 5.27. The molecular formula is C18H32N4O2S. The number of carbonyl (C=O) groups is 2. The van der Waals surface area contributed by atoms with Gasteiger partial charge in [-0.15, -0.1) is 11.8 Å². The molecule has 1 spiro atoms. The molecule has 3 rings (SSSR count). The Morgan fingerprint density at radius 2 is 1.72 bits per heavy atom. The minimum Gasteiger partial charge on any atom is -0.341 e. The number of carbonyl (C=O) groups excluding carboxylic acids is 2. The second kappa shape index (κ2) is 7.84. The van der Waals surface area contributed by atoms with E-state index in [0.29, 0.717) is 0 Å². The first-order valence-corrected chi connectivity index (χ1v) is 10.7. The van der Waals surface area contributed by atoms with Gasteiger partial charge in [-0.05, 0) is 38.0 Å². The third kappa shape index (κ3) is 4.14. The van der Waals surface area contributed by atoms with Gasteiger partial charge in [0.05, 0.1) is 17.0 Å². The molecule has 3 fully saturated rings. The smallest absolute Gasteiger partial charge is 0.240 e. The van der Waals surface area contributed by atoms with Crippen molar-refractivity contribution in [3.05, 3.63) is 0 Å². The molecule has 7 heteroatoms. The predicted molar refractivity (Wildman–Crippen MR) is 101 cm³/mol. The van der Waals surface area contributed by atoms with Gasteiger partial charge in [0.2, 0.25) is 11.8 Å².